The van der Waals surface area contributed by atoms with Crippen LogP contribution in [0.1, 0.15) is 52.0 Å². The molecule has 0 atom stereocenters. The summed E-state index contributed by atoms with van der Waals surface area (Å²) in [6.45, 7) is 7.46. The second-order valence-corrected chi connectivity index (χ2v) is 8.01. The summed E-state index contributed by atoms with van der Waals surface area (Å²) in [5, 5.41) is 3.41. The van der Waals surface area contributed by atoms with Gasteiger partial charge in [0.05, 0.1) is 5.60 Å². The molecule has 0 spiro atoms. The van der Waals surface area contributed by atoms with Gasteiger partial charge in [0, 0.05) is 11.8 Å². The van der Waals surface area contributed by atoms with Crippen molar-refractivity contribution in [2.45, 2.75) is 57.7 Å². The molecule has 1 fully saturated rings. The number of carbonyl (C=O) groups excluding carboxylic acids is 1. The molecule has 1 aromatic rings. The molecule has 0 bridgehead atoms. The topological polar surface area (TPSA) is 60.5 Å². The highest BCUT2D eigenvalue weighted by Crippen LogP contribution is 2.36. The van der Waals surface area contributed by atoms with Crippen molar-refractivity contribution in [3.63, 3.8) is 0 Å². The molecule has 1 saturated heterocycles. The molecule has 1 N–H and O–H groups in total. The Hall–Kier alpha value is -0.980. The van der Waals surface area contributed by atoms with E-state index in [-0.39, 0.29) is 12.6 Å². The van der Waals surface area contributed by atoms with Crippen LogP contribution in [0.25, 0.3) is 0 Å². The van der Waals surface area contributed by atoms with Crippen LogP contribution in [0.5, 0.6) is 0 Å². The number of ether oxygens (including phenoxy) is 2. The van der Waals surface area contributed by atoms with Gasteiger partial charge in [0.2, 0.25) is 0 Å². The number of aromatic nitrogens is 1. The SMILES string of the molecule is CC(C)(C)OC(=O)COC1(c2ccc(Br)nc2)CCCNCCC1. The Bertz CT molecular complexity index is 532. The smallest absolute Gasteiger partial charge is 0.332 e. The highest BCUT2D eigenvalue weighted by Gasteiger charge is 2.35. The highest BCUT2D eigenvalue weighted by molar-refractivity contribution is 9.10. The molecule has 0 aliphatic carbocycles. The van der Waals surface area contributed by atoms with E-state index < -0.39 is 11.2 Å². The number of halogens is 1. The molecule has 0 saturated carbocycles. The van der Waals surface area contributed by atoms with Crippen molar-refractivity contribution >= 4 is 21.9 Å². The fourth-order valence-electron chi connectivity index (χ4n) is 2.98. The summed E-state index contributed by atoms with van der Waals surface area (Å²) in [6.07, 6.45) is 5.53. The number of hydrogen-bond acceptors (Lipinski definition) is 5. The van der Waals surface area contributed by atoms with Crippen LogP contribution in [0.3, 0.4) is 0 Å². The van der Waals surface area contributed by atoms with Gasteiger partial charge in [-0.2, -0.15) is 0 Å². The van der Waals surface area contributed by atoms with Gasteiger partial charge < -0.3 is 14.8 Å². The molecule has 0 amide bonds. The van der Waals surface area contributed by atoms with Crippen molar-refractivity contribution < 1.29 is 14.3 Å². The van der Waals surface area contributed by atoms with Gasteiger partial charge in [0.1, 0.15) is 16.8 Å². The molecule has 0 unspecified atom stereocenters. The van der Waals surface area contributed by atoms with Crippen LogP contribution in [-0.4, -0.2) is 36.3 Å². The molecule has 5 nitrogen and oxygen atoms in total. The maximum atomic E-state index is 12.1. The predicted octanol–water partition coefficient (Wildman–Crippen LogP) is 3.56. The Morgan fingerprint density at radius 2 is 1.96 bits per heavy atom. The Morgan fingerprint density at radius 1 is 1.29 bits per heavy atom. The van der Waals surface area contributed by atoms with E-state index in [1.54, 1.807) is 0 Å². The van der Waals surface area contributed by atoms with Crippen LogP contribution in [0.15, 0.2) is 22.9 Å². The zero-order chi connectivity index (χ0) is 17.6. The minimum absolute atomic E-state index is 0.0409. The van der Waals surface area contributed by atoms with E-state index in [0.29, 0.717) is 0 Å². The third kappa shape index (κ3) is 5.83. The molecular formula is C18H27BrN2O3. The molecule has 0 aromatic carbocycles. The average molecular weight is 399 g/mol. The van der Waals surface area contributed by atoms with Crippen LogP contribution in [0, 0.1) is 0 Å². The second kappa shape index (κ2) is 8.41. The lowest BCUT2D eigenvalue weighted by atomic mass is 9.84. The molecule has 1 aromatic heterocycles. The Kier molecular flexibility index (Phi) is 6.78. The summed E-state index contributed by atoms with van der Waals surface area (Å²) in [6, 6.07) is 3.95. The average Bonchev–Trinajstić information content (AvgIpc) is 2.46. The van der Waals surface area contributed by atoms with Crippen molar-refractivity contribution in [2.75, 3.05) is 19.7 Å². The van der Waals surface area contributed by atoms with E-state index in [1.165, 1.54) is 0 Å². The summed E-state index contributed by atoms with van der Waals surface area (Å²) < 4.78 is 12.4. The summed E-state index contributed by atoms with van der Waals surface area (Å²) in [5.74, 6) is -0.327. The normalized spacial score (nSPS) is 18.5. The van der Waals surface area contributed by atoms with Crippen molar-refractivity contribution in [3.8, 4) is 0 Å². The quantitative estimate of drug-likeness (QED) is 0.620. The van der Waals surface area contributed by atoms with Crippen molar-refractivity contribution in [1.29, 1.82) is 0 Å². The molecule has 24 heavy (non-hydrogen) atoms. The van der Waals surface area contributed by atoms with Gasteiger partial charge >= 0.3 is 5.97 Å². The lowest BCUT2D eigenvalue weighted by Crippen LogP contribution is -2.37. The first-order valence-electron chi connectivity index (χ1n) is 8.49. The van der Waals surface area contributed by atoms with Gasteiger partial charge in [-0.25, -0.2) is 9.78 Å². The monoisotopic (exact) mass is 398 g/mol. The molecule has 2 heterocycles. The Morgan fingerprint density at radius 3 is 2.50 bits per heavy atom. The first-order valence-corrected chi connectivity index (χ1v) is 9.29. The van der Waals surface area contributed by atoms with Gasteiger partial charge in [-0.15, -0.1) is 0 Å². The highest BCUT2D eigenvalue weighted by atomic mass is 79.9. The zero-order valence-electron chi connectivity index (χ0n) is 14.7. The standard InChI is InChI=1S/C18H27BrN2O3/c1-17(2,3)24-16(22)13-23-18(8-4-10-20-11-5-9-18)14-6-7-15(19)21-12-14/h6-7,12,20H,4-5,8-11,13H2,1-3H3. The van der Waals surface area contributed by atoms with E-state index in [1.807, 2.05) is 39.1 Å². The van der Waals surface area contributed by atoms with Crippen LogP contribution < -0.4 is 5.32 Å². The molecule has 1 aliphatic rings. The third-order valence-corrected chi connectivity index (χ3v) is 4.48. The number of nitrogens with one attached hydrogen (secondary N) is 1. The van der Waals surface area contributed by atoms with Crippen LogP contribution in [0.4, 0.5) is 0 Å². The molecule has 6 heteroatoms. The summed E-state index contributed by atoms with van der Waals surface area (Å²) in [7, 11) is 0. The van der Waals surface area contributed by atoms with E-state index in [9.17, 15) is 4.79 Å². The Balaban J connectivity index is 2.15. The van der Waals surface area contributed by atoms with Gasteiger partial charge in [-0.1, -0.05) is 6.07 Å². The number of rotatable bonds is 4. The predicted molar refractivity (Wildman–Crippen MR) is 96.7 cm³/mol. The van der Waals surface area contributed by atoms with Gasteiger partial charge in [-0.05, 0) is 81.5 Å². The van der Waals surface area contributed by atoms with E-state index in [0.717, 1.165) is 48.9 Å². The largest absolute Gasteiger partial charge is 0.458 e. The maximum Gasteiger partial charge on any atom is 0.332 e. The number of pyridine rings is 1. The van der Waals surface area contributed by atoms with Gasteiger partial charge in [0.15, 0.2) is 0 Å². The maximum absolute atomic E-state index is 12.1. The lowest BCUT2D eigenvalue weighted by molar-refractivity contribution is -0.169. The van der Waals surface area contributed by atoms with Crippen LogP contribution in [-0.2, 0) is 19.9 Å². The number of esters is 1. The first kappa shape index (κ1) is 19.3. The summed E-state index contributed by atoms with van der Waals surface area (Å²) >= 11 is 3.37. The zero-order valence-corrected chi connectivity index (χ0v) is 16.3. The number of nitrogens with zero attached hydrogens (tertiary/aromatic N) is 1. The molecule has 0 radical (unpaired) electrons. The van der Waals surface area contributed by atoms with E-state index in [4.69, 9.17) is 9.47 Å². The summed E-state index contributed by atoms with van der Waals surface area (Å²) in [5.41, 5.74) is 0.0424. The van der Waals surface area contributed by atoms with Crippen molar-refractivity contribution in [2.24, 2.45) is 0 Å². The molecule has 134 valence electrons. The molecular weight excluding hydrogens is 372 g/mol. The van der Waals surface area contributed by atoms with Crippen molar-refractivity contribution in [1.82, 2.24) is 10.3 Å². The molecule has 1 aliphatic heterocycles. The van der Waals surface area contributed by atoms with Gasteiger partial charge in [0.25, 0.3) is 0 Å². The van der Waals surface area contributed by atoms with Crippen molar-refractivity contribution in [3.05, 3.63) is 28.5 Å². The summed E-state index contributed by atoms with van der Waals surface area (Å²) in [4.78, 5) is 16.4. The third-order valence-electron chi connectivity index (χ3n) is 4.01. The van der Waals surface area contributed by atoms with Gasteiger partial charge in [-0.3, -0.25) is 0 Å². The number of carbonyl (C=O) groups is 1. The minimum atomic E-state index is -0.502. The Labute approximate surface area is 152 Å². The fourth-order valence-corrected chi connectivity index (χ4v) is 3.21. The lowest BCUT2D eigenvalue weighted by Gasteiger charge is -2.36. The van der Waals surface area contributed by atoms with E-state index >= 15 is 0 Å². The van der Waals surface area contributed by atoms with Crippen LogP contribution in [0.2, 0.25) is 0 Å². The second-order valence-electron chi connectivity index (χ2n) is 7.20. The van der Waals surface area contributed by atoms with E-state index in [2.05, 4.69) is 26.2 Å². The number of hydrogen-bond donors (Lipinski definition) is 1. The fraction of sp³-hybridized carbons (Fsp3) is 0.667. The first-order chi connectivity index (χ1) is 11.3. The minimum Gasteiger partial charge on any atom is -0.458 e. The van der Waals surface area contributed by atoms with Crippen LogP contribution >= 0.6 is 15.9 Å². The molecule has 2 rings (SSSR count).